The summed E-state index contributed by atoms with van der Waals surface area (Å²) in [5, 5.41) is 3.26. The van der Waals surface area contributed by atoms with E-state index in [0.717, 1.165) is 29.4 Å². The molecule has 1 aromatic carbocycles. The monoisotopic (exact) mass is 381 g/mol. The lowest BCUT2D eigenvalue weighted by Gasteiger charge is -2.20. The van der Waals surface area contributed by atoms with Crippen LogP contribution in [-0.2, 0) is 21.5 Å². The minimum Gasteiger partial charge on any atom is -0.323 e. The Kier molecular flexibility index (Phi) is 7.25. The van der Waals surface area contributed by atoms with Gasteiger partial charge in [0.15, 0.2) is 0 Å². The predicted octanol–water partition coefficient (Wildman–Crippen LogP) is 1.78. The van der Waals surface area contributed by atoms with E-state index in [-0.39, 0.29) is 6.61 Å². The van der Waals surface area contributed by atoms with Crippen molar-refractivity contribution in [3.05, 3.63) is 42.2 Å². The fourth-order valence-electron chi connectivity index (χ4n) is 2.25. The first kappa shape index (κ1) is 20.0. The SMILES string of the molecule is CCCN(CCC)C(=O)n1cnc(S(=O)(=O)NOCc2ccccc2)n1. The van der Waals surface area contributed by atoms with Crippen molar-refractivity contribution in [2.45, 2.75) is 38.5 Å². The van der Waals surface area contributed by atoms with Crippen molar-refractivity contribution in [3.8, 4) is 0 Å². The molecule has 2 aromatic rings. The molecule has 1 aromatic heterocycles. The van der Waals surface area contributed by atoms with Gasteiger partial charge in [-0.05, 0) is 18.4 Å². The molecule has 0 saturated carbocycles. The summed E-state index contributed by atoms with van der Waals surface area (Å²) in [5.41, 5.74) is 0.804. The van der Waals surface area contributed by atoms with E-state index in [2.05, 4.69) is 10.1 Å². The van der Waals surface area contributed by atoms with Gasteiger partial charge in [0.1, 0.15) is 6.33 Å². The van der Waals surface area contributed by atoms with Crippen LogP contribution in [-0.4, -0.2) is 47.2 Å². The lowest BCUT2D eigenvalue weighted by atomic mass is 10.2. The van der Waals surface area contributed by atoms with Crippen molar-refractivity contribution in [1.82, 2.24) is 24.5 Å². The molecule has 1 amide bonds. The average Bonchev–Trinajstić information content (AvgIpc) is 3.13. The van der Waals surface area contributed by atoms with Gasteiger partial charge in [-0.1, -0.05) is 49.1 Å². The van der Waals surface area contributed by atoms with Gasteiger partial charge < -0.3 is 4.90 Å². The largest absolute Gasteiger partial charge is 0.346 e. The maximum atomic E-state index is 12.4. The van der Waals surface area contributed by atoms with Gasteiger partial charge in [0.05, 0.1) is 6.61 Å². The molecule has 0 bridgehead atoms. The number of aromatic nitrogens is 3. The van der Waals surface area contributed by atoms with E-state index in [9.17, 15) is 13.2 Å². The molecule has 0 aliphatic carbocycles. The molecule has 10 heteroatoms. The first-order valence-electron chi connectivity index (χ1n) is 8.36. The first-order chi connectivity index (χ1) is 12.5. The van der Waals surface area contributed by atoms with E-state index >= 15 is 0 Å². The molecule has 142 valence electrons. The van der Waals surface area contributed by atoms with Crippen LogP contribution in [0, 0.1) is 0 Å². The van der Waals surface area contributed by atoms with Crippen molar-refractivity contribution < 1.29 is 18.0 Å². The smallest absolute Gasteiger partial charge is 0.323 e. The summed E-state index contributed by atoms with van der Waals surface area (Å²) >= 11 is 0. The molecular formula is C16H23N5O4S. The first-order valence-corrected chi connectivity index (χ1v) is 9.84. The van der Waals surface area contributed by atoms with Crippen LogP contribution in [0.2, 0.25) is 0 Å². The van der Waals surface area contributed by atoms with Gasteiger partial charge in [-0.25, -0.2) is 18.2 Å². The highest BCUT2D eigenvalue weighted by Crippen LogP contribution is 2.05. The summed E-state index contributed by atoms with van der Waals surface area (Å²) in [7, 11) is -4.08. The number of carbonyl (C=O) groups is 1. The van der Waals surface area contributed by atoms with Crippen molar-refractivity contribution in [3.63, 3.8) is 0 Å². The molecule has 0 aliphatic rings. The van der Waals surface area contributed by atoms with Crippen molar-refractivity contribution in [2.75, 3.05) is 13.1 Å². The van der Waals surface area contributed by atoms with E-state index in [1.54, 1.807) is 17.0 Å². The van der Waals surface area contributed by atoms with Crippen LogP contribution in [0.4, 0.5) is 4.79 Å². The summed E-state index contributed by atoms with van der Waals surface area (Å²) in [5.74, 6) is 0. The standard InChI is InChI=1S/C16H23N5O4S/c1-3-10-20(11-4-2)16(22)21-13-17-15(18-21)26(23,24)19-25-12-14-8-6-5-7-9-14/h5-9,13,19H,3-4,10-12H2,1-2H3. The van der Waals surface area contributed by atoms with E-state index in [0.29, 0.717) is 13.1 Å². The molecule has 9 nitrogen and oxygen atoms in total. The molecule has 26 heavy (non-hydrogen) atoms. The maximum Gasteiger partial charge on any atom is 0.346 e. The third kappa shape index (κ3) is 5.35. The number of sulfonamides is 1. The van der Waals surface area contributed by atoms with Gasteiger partial charge in [-0.2, -0.15) is 4.68 Å². The lowest BCUT2D eigenvalue weighted by molar-refractivity contribution is 0.0791. The molecule has 0 unspecified atom stereocenters. The zero-order valence-corrected chi connectivity index (χ0v) is 15.6. The third-order valence-electron chi connectivity index (χ3n) is 3.42. The Labute approximate surface area is 153 Å². The predicted molar refractivity (Wildman–Crippen MR) is 94.5 cm³/mol. The fourth-order valence-corrected chi connectivity index (χ4v) is 2.92. The highest BCUT2D eigenvalue weighted by atomic mass is 32.2. The van der Waals surface area contributed by atoms with Crippen molar-refractivity contribution in [1.29, 1.82) is 0 Å². The van der Waals surface area contributed by atoms with Gasteiger partial charge in [-0.15, -0.1) is 5.10 Å². The summed E-state index contributed by atoms with van der Waals surface area (Å²) in [4.78, 5) is 24.7. The van der Waals surface area contributed by atoms with Crippen LogP contribution < -0.4 is 4.89 Å². The minimum absolute atomic E-state index is 0.0560. The van der Waals surface area contributed by atoms with Gasteiger partial charge in [-0.3, -0.25) is 4.84 Å². The molecule has 0 aliphatic heterocycles. The van der Waals surface area contributed by atoms with E-state index in [1.807, 2.05) is 36.9 Å². The van der Waals surface area contributed by atoms with Crippen LogP contribution in [0.25, 0.3) is 0 Å². The Bertz CT molecular complexity index is 801. The highest BCUT2D eigenvalue weighted by Gasteiger charge is 2.23. The maximum absolute atomic E-state index is 12.4. The number of amides is 1. The Morgan fingerprint density at radius 3 is 2.46 bits per heavy atom. The molecule has 0 saturated heterocycles. The van der Waals surface area contributed by atoms with Crippen LogP contribution in [0.1, 0.15) is 32.3 Å². The number of nitrogens with one attached hydrogen (secondary N) is 1. The summed E-state index contributed by atoms with van der Waals surface area (Å²) in [6.07, 6.45) is 2.67. The molecule has 2 rings (SSSR count). The van der Waals surface area contributed by atoms with E-state index in [1.165, 1.54) is 0 Å². The molecule has 0 radical (unpaired) electrons. The Balaban J connectivity index is 2.01. The van der Waals surface area contributed by atoms with Crippen LogP contribution >= 0.6 is 0 Å². The zero-order chi connectivity index (χ0) is 19.0. The third-order valence-corrected chi connectivity index (χ3v) is 4.42. The molecule has 0 spiro atoms. The second-order valence-corrected chi connectivity index (χ2v) is 7.14. The minimum atomic E-state index is -4.08. The Hall–Kier alpha value is -2.30. The molecular weight excluding hydrogens is 358 g/mol. The number of carbonyl (C=O) groups excluding carboxylic acids is 1. The Morgan fingerprint density at radius 2 is 1.85 bits per heavy atom. The average molecular weight is 381 g/mol. The van der Waals surface area contributed by atoms with Crippen molar-refractivity contribution in [2.24, 2.45) is 0 Å². The summed E-state index contributed by atoms with van der Waals surface area (Å²) < 4.78 is 25.3. The summed E-state index contributed by atoms with van der Waals surface area (Å²) in [6.45, 7) is 5.10. The van der Waals surface area contributed by atoms with Gasteiger partial charge in [0.2, 0.25) is 0 Å². The van der Waals surface area contributed by atoms with Crippen LogP contribution in [0.3, 0.4) is 0 Å². The second kappa shape index (κ2) is 9.41. The lowest BCUT2D eigenvalue weighted by Crippen LogP contribution is -2.36. The quantitative estimate of drug-likeness (QED) is 0.664. The molecule has 0 atom stereocenters. The van der Waals surface area contributed by atoms with Gasteiger partial charge in [0, 0.05) is 13.1 Å². The van der Waals surface area contributed by atoms with E-state index < -0.39 is 21.2 Å². The number of hydrogen-bond acceptors (Lipinski definition) is 6. The molecule has 1 N–H and O–H groups in total. The molecule has 0 fully saturated rings. The number of rotatable bonds is 9. The van der Waals surface area contributed by atoms with Crippen LogP contribution in [0.5, 0.6) is 0 Å². The second-order valence-electron chi connectivity index (χ2n) is 5.60. The summed E-state index contributed by atoms with van der Waals surface area (Å²) in [6, 6.07) is 8.68. The van der Waals surface area contributed by atoms with Crippen LogP contribution in [0.15, 0.2) is 41.8 Å². The topological polar surface area (TPSA) is 106 Å². The highest BCUT2D eigenvalue weighted by molar-refractivity contribution is 7.89. The number of benzene rings is 1. The number of nitrogens with zero attached hydrogens (tertiary/aromatic N) is 4. The number of hydrogen-bond donors (Lipinski definition) is 1. The molecule has 1 heterocycles. The van der Waals surface area contributed by atoms with Gasteiger partial charge >= 0.3 is 6.03 Å². The fraction of sp³-hybridized carbons (Fsp3) is 0.438. The Morgan fingerprint density at radius 1 is 1.19 bits per heavy atom. The zero-order valence-electron chi connectivity index (χ0n) is 14.8. The van der Waals surface area contributed by atoms with E-state index in [4.69, 9.17) is 4.84 Å². The normalized spacial score (nSPS) is 11.5. The van der Waals surface area contributed by atoms with Gasteiger partial charge in [0.25, 0.3) is 15.2 Å². The van der Waals surface area contributed by atoms with Crippen molar-refractivity contribution >= 4 is 16.1 Å².